The maximum Gasteiger partial charge on any atom is 0.336 e. The summed E-state index contributed by atoms with van der Waals surface area (Å²) in [7, 11) is 1.59. The first-order valence-electron chi connectivity index (χ1n) is 7.58. The quantitative estimate of drug-likeness (QED) is 0.775. The minimum absolute atomic E-state index is 0.247. The Balaban J connectivity index is 2.25. The molecule has 0 fully saturated rings. The van der Waals surface area contributed by atoms with E-state index in [1.54, 1.807) is 30.0 Å². The van der Waals surface area contributed by atoms with Crippen LogP contribution in [0.15, 0.2) is 54.6 Å². The summed E-state index contributed by atoms with van der Waals surface area (Å²) in [6.45, 7) is 2.20. The van der Waals surface area contributed by atoms with Crippen molar-refractivity contribution in [2.75, 3.05) is 7.11 Å². The molecule has 1 N–H and O–H groups in total. The number of hydrogen-bond donors (Lipinski definition) is 1. The number of rotatable bonds is 5. The molecule has 1 aromatic heterocycles. The van der Waals surface area contributed by atoms with Crippen LogP contribution in [0.3, 0.4) is 0 Å². The van der Waals surface area contributed by atoms with Gasteiger partial charge in [0.1, 0.15) is 6.73 Å². The molecule has 3 aromatic rings. The molecule has 0 aliphatic rings. The van der Waals surface area contributed by atoms with Gasteiger partial charge in [0.05, 0.1) is 17.0 Å². The van der Waals surface area contributed by atoms with E-state index in [0.29, 0.717) is 5.56 Å². The lowest BCUT2D eigenvalue weighted by atomic mass is 9.99. The van der Waals surface area contributed by atoms with Gasteiger partial charge in [0.15, 0.2) is 0 Å². The van der Waals surface area contributed by atoms with Crippen LogP contribution in [0.1, 0.15) is 15.9 Å². The van der Waals surface area contributed by atoms with Crippen molar-refractivity contribution in [2.45, 2.75) is 13.7 Å². The van der Waals surface area contributed by atoms with Crippen LogP contribution >= 0.6 is 0 Å². The third-order valence-electron chi connectivity index (χ3n) is 3.90. The second kappa shape index (κ2) is 6.68. The summed E-state index contributed by atoms with van der Waals surface area (Å²) in [6, 6.07) is 16.8. The van der Waals surface area contributed by atoms with Crippen LogP contribution in [-0.4, -0.2) is 28.0 Å². The third kappa shape index (κ3) is 2.81. The summed E-state index contributed by atoms with van der Waals surface area (Å²) in [4.78, 5) is 11.6. The van der Waals surface area contributed by atoms with E-state index in [4.69, 9.17) is 4.74 Å². The van der Waals surface area contributed by atoms with Crippen LogP contribution in [0.25, 0.3) is 22.5 Å². The van der Waals surface area contributed by atoms with Crippen molar-refractivity contribution in [3.8, 4) is 22.5 Å². The fourth-order valence-electron chi connectivity index (χ4n) is 2.85. The lowest BCUT2D eigenvalue weighted by molar-refractivity contribution is 0.0697. The molecule has 0 saturated heterocycles. The SMILES string of the molecule is COCn1nc(-c2ccccc2)c(C)c1-c1ccccc1C(=O)O. The number of methoxy groups -OCH3 is 1. The zero-order chi connectivity index (χ0) is 17.1. The van der Waals surface area contributed by atoms with Crippen LogP contribution in [0.2, 0.25) is 0 Å². The Labute approximate surface area is 140 Å². The number of ether oxygens (including phenoxy) is 1. The molecule has 2 aromatic carbocycles. The number of carboxylic acid groups (broad SMARTS) is 1. The summed E-state index contributed by atoms with van der Waals surface area (Å²) >= 11 is 0. The van der Waals surface area contributed by atoms with E-state index in [1.807, 2.05) is 43.3 Å². The fraction of sp³-hybridized carbons (Fsp3) is 0.158. The van der Waals surface area contributed by atoms with Gasteiger partial charge in [-0.2, -0.15) is 5.10 Å². The lowest BCUT2D eigenvalue weighted by Crippen LogP contribution is -2.07. The zero-order valence-electron chi connectivity index (χ0n) is 13.6. The van der Waals surface area contributed by atoms with Crippen molar-refractivity contribution in [2.24, 2.45) is 0 Å². The van der Waals surface area contributed by atoms with Crippen LogP contribution in [0, 0.1) is 6.92 Å². The smallest absolute Gasteiger partial charge is 0.336 e. The van der Waals surface area contributed by atoms with Gasteiger partial charge in [-0.15, -0.1) is 0 Å². The number of aromatic nitrogens is 2. The van der Waals surface area contributed by atoms with E-state index in [-0.39, 0.29) is 12.3 Å². The summed E-state index contributed by atoms with van der Waals surface area (Å²) in [5.41, 5.74) is 4.37. The Kier molecular flexibility index (Phi) is 4.44. The fourth-order valence-corrected chi connectivity index (χ4v) is 2.85. The van der Waals surface area contributed by atoms with Crippen molar-refractivity contribution in [1.29, 1.82) is 0 Å². The number of carboxylic acids is 1. The first-order valence-corrected chi connectivity index (χ1v) is 7.58. The molecular weight excluding hydrogens is 304 g/mol. The van der Waals surface area contributed by atoms with E-state index in [0.717, 1.165) is 22.5 Å². The maximum atomic E-state index is 11.6. The van der Waals surface area contributed by atoms with E-state index >= 15 is 0 Å². The molecule has 0 radical (unpaired) electrons. The molecule has 1 heterocycles. The topological polar surface area (TPSA) is 64.4 Å². The Morgan fingerprint density at radius 3 is 2.46 bits per heavy atom. The molecule has 0 amide bonds. The predicted molar refractivity (Wildman–Crippen MR) is 91.8 cm³/mol. The van der Waals surface area contributed by atoms with Crippen LogP contribution in [0.4, 0.5) is 0 Å². The van der Waals surface area contributed by atoms with Gasteiger partial charge in [0.25, 0.3) is 0 Å². The van der Waals surface area contributed by atoms with Gasteiger partial charge >= 0.3 is 5.97 Å². The van der Waals surface area contributed by atoms with Crippen molar-refractivity contribution < 1.29 is 14.6 Å². The Hall–Kier alpha value is -2.92. The zero-order valence-corrected chi connectivity index (χ0v) is 13.6. The number of nitrogens with zero attached hydrogens (tertiary/aromatic N) is 2. The highest BCUT2D eigenvalue weighted by Crippen LogP contribution is 2.33. The minimum Gasteiger partial charge on any atom is -0.478 e. The Bertz CT molecular complexity index is 870. The lowest BCUT2D eigenvalue weighted by Gasteiger charge is -2.10. The molecule has 5 heteroatoms. The Morgan fingerprint density at radius 1 is 1.12 bits per heavy atom. The summed E-state index contributed by atoms with van der Waals surface area (Å²) in [5.74, 6) is -0.962. The largest absolute Gasteiger partial charge is 0.478 e. The standard InChI is InChI=1S/C19H18N2O3/c1-13-17(14-8-4-3-5-9-14)20-21(12-24-2)18(13)15-10-6-7-11-16(15)19(22)23/h3-11H,12H2,1-2H3,(H,22,23). The molecule has 122 valence electrons. The molecule has 0 bridgehead atoms. The molecule has 0 aliphatic heterocycles. The average molecular weight is 322 g/mol. The second-order valence-corrected chi connectivity index (χ2v) is 5.46. The van der Waals surface area contributed by atoms with E-state index < -0.39 is 5.97 Å². The summed E-state index contributed by atoms with van der Waals surface area (Å²) in [5, 5.41) is 14.1. The number of carbonyl (C=O) groups is 1. The minimum atomic E-state index is -0.962. The molecule has 5 nitrogen and oxygen atoms in total. The van der Waals surface area contributed by atoms with Gasteiger partial charge in [-0.05, 0) is 13.0 Å². The van der Waals surface area contributed by atoms with Gasteiger partial charge in [-0.1, -0.05) is 48.5 Å². The molecule has 0 aliphatic carbocycles. The van der Waals surface area contributed by atoms with Crippen molar-refractivity contribution in [3.05, 3.63) is 65.7 Å². The number of benzene rings is 2. The van der Waals surface area contributed by atoms with E-state index in [1.165, 1.54) is 0 Å². The molecular formula is C19H18N2O3. The van der Waals surface area contributed by atoms with Gasteiger partial charge < -0.3 is 9.84 Å². The highest BCUT2D eigenvalue weighted by Gasteiger charge is 2.21. The van der Waals surface area contributed by atoms with Gasteiger partial charge in [-0.25, -0.2) is 9.48 Å². The third-order valence-corrected chi connectivity index (χ3v) is 3.90. The Morgan fingerprint density at radius 2 is 1.79 bits per heavy atom. The van der Waals surface area contributed by atoms with Crippen molar-refractivity contribution in [3.63, 3.8) is 0 Å². The highest BCUT2D eigenvalue weighted by molar-refractivity contribution is 5.96. The first kappa shape index (κ1) is 16.0. The van der Waals surface area contributed by atoms with Crippen LogP contribution < -0.4 is 0 Å². The highest BCUT2D eigenvalue weighted by atomic mass is 16.5. The predicted octanol–water partition coefficient (Wildman–Crippen LogP) is 3.83. The summed E-state index contributed by atoms with van der Waals surface area (Å²) in [6.07, 6.45) is 0. The first-order chi connectivity index (χ1) is 11.6. The number of aromatic carboxylic acids is 1. The van der Waals surface area contributed by atoms with Crippen LogP contribution in [0.5, 0.6) is 0 Å². The molecule has 3 rings (SSSR count). The van der Waals surface area contributed by atoms with Crippen molar-refractivity contribution >= 4 is 5.97 Å². The maximum absolute atomic E-state index is 11.6. The van der Waals surface area contributed by atoms with Gasteiger partial charge in [0.2, 0.25) is 0 Å². The molecule has 0 spiro atoms. The van der Waals surface area contributed by atoms with Crippen LogP contribution in [-0.2, 0) is 11.5 Å². The van der Waals surface area contributed by atoms with Gasteiger partial charge in [0, 0.05) is 23.8 Å². The normalized spacial score (nSPS) is 10.8. The van der Waals surface area contributed by atoms with E-state index in [2.05, 4.69) is 5.10 Å². The average Bonchev–Trinajstić information content (AvgIpc) is 2.92. The molecule has 0 atom stereocenters. The number of hydrogen-bond acceptors (Lipinski definition) is 3. The summed E-state index contributed by atoms with van der Waals surface area (Å²) < 4.78 is 6.96. The second-order valence-electron chi connectivity index (χ2n) is 5.46. The van der Waals surface area contributed by atoms with Gasteiger partial charge in [-0.3, -0.25) is 0 Å². The van der Waals surface area contributed by atoms with Crippen molar-refractivity contribution in [1.82, 2.24) is 9.78 Å². The monoisotopic (exact) mass is 322 g/mol. The molecule has 0 saturated carbocycles. The molecule has 24 heavy (non-hydrogen) atoms. The molecule has 0 unspecified atom stereocenters. The van der Waals surface area contributed by atoms with E-state index in [9.17, 15) is 9.90 Å².